The maximum absolute atomic E-state index is 5.77. The highest BCUT2D eigenvalue weighted by atomic mass is 15.3. The van der Waals surface area contributed by atoms with E-state index in [0.29, 0.717) is 0 Å². The molecule has 2 aromatic heterocycles. The Hall–Kier alpha value is -1.95. The molecule has 0 amide bonds. The first-order valence-corrected chi connectivity index (χ1v) is 6.54. The fraction of sp³-hybridized carbons (Fsp3) is 0.462. The van der Waals surface area contributed by atoms with E-state index >= 15 is 0 Å². The summed E-state index contributed by atoms with van der Waals surface area (Å²) in [7, 11) is 0. The average Bonchev–Trinajstić information content (AvgIpc) is 2.86. The molecule has 3 rings (SSSR count). The predicted molar refractivity (Wildman–Crippen MR) is 72.7 cm³/mol. The van der Waals surface area contributed by atoms with Crippen LogP contribution in [0.1, 0.15) is 18.3 Å². The van der Waals surface area contributed by atoms with Crippen LogP contribution in [-0.4, -0.2) is 32.1 Å². The van der Waals surface area contributed by atoms with Gasteiger partial charge in [-0.2, -0.15) is 0 Å². The van der Waals surface area contributed by atoms with Crippen molar-refractivity contribution in [2.24, 2.45) is 5.73 Å². The lowest BCUT2D eigenvalue weighted by molar-refractivity contribution is 0.551. The summed E-state index contributed by atoms with van der Waals surface area (Å²) in [5.41, 5.74) is 6.85. The van der Waals surface area contributed by atoms with Gasteiger partial charge in [-0.25, -0.2) is 15.0 Å². The number of hydrogen-bond acceptors (Lipinski definition) is 5. The summed E-state index contributed by atoms with van der Waals surface area (Å²) in [5, 5.41) is 0. The molecule has 0 saturated heterocycles. The van der Waals surface area contributed by atoms with Gasteiger partial charge >= 0.3 is 0 Å². The van der Waals surface area contributed by atoms with Crippen LogP contribution in [0, 0.1) is 0 Å². The minimum atomic E-state index is 0.136. The van der Waals surface area contributed by atoms with E-state index in [-0.39, 0.29) is 6.04 Å². The minimum absolute atomic E-state index is 0.136. The van der Waals surface area contributed by atoms with Crippen LogP contribution >= 0.6 is 0 Å². The van der Waals surface area contributed by atoms with E-state index in [1.54, 1.807) is 0 Å². The van der Waals surface area contributed by atoms with Crippen LogP contribution in [0.25, 0.3) is 0 Å². The number of rotatable bonds is 3. The molecule has 0 saturated carbocycles. The first-order chi connectivity index (χ1) is 9.22. The van der Waals surface area contributed by atoms with Gasteiger partial charge in [0.2, 0.25) is 5.95 Å². The average molecular weight is 258 g/mol. The van der Waals surface area contributed by atoms with Gasteiger partial charge < -0.3 is 15.2 Å². The highest BCUT2D eigenvalue weighted by Gasteiger charge is 2.18. The molecule has 0 aliphatic carbocycles. The van der Waals surface area contributed by atoms with E-state index in [1.165, 1.54) is 0 Å². The van der Waals surface area contributed by atoms with E-state index in [0.717, 1.165) is 43.4 Å². The summed E-state index contributed by atoms with van der Waals surface area (Å²) in [6, 6.07) is 0.136. The number of fused-ring (bicyclic) bond motifs is 1. The van der Waals surface area contributed by atoms with E-state index in [2.05, 4.69) is 24.4 Å². The number of anilines is 1. The van der Waals surface area contributed by atoms with Crippen LogP contribution in [0.15, 0.2) is 24.8 Å². The molecule has 0 radical (unpaired) electrons. The first-order valence-electron chi connectivity index (χ1n) is 6.54. The first kappa shape index (κ1) is 12.1. The lowest BCUT2D eigenvalue weighted by Gasteiger charge is -2.27. The van der Waals surface area contributed by atoms with Gasteiger partial charge in [0.1, 0.15) is 5.82 Å². The van der Waals surface area contributed by atoms with Crippen LogP contribution in [0.2, 0.25) is 0 Å². The summed E-state index contributed by atoms with van der Waals surface area (Å²) in [6.45, 7) is 4.59. The lowest BCUT2D eigenvalue weighted by atomic mass is 10.1. The maximum atomic E-state index is 5.77. The van der Waals surface area contributed by atoms with Crippen molar-refractivity contribution < 1.29 is 0 Å². The van der Waals surface area contributed by atoms with Crippen LogP contribution in [0.5, 0.6) is 0 Å². The summed E-state index contributed by atoms with van der Waals surface area (Å²) < 4.78 is 2.17. The number of imidazole rings is 1. The molecule has 3 heterocycles. The van der Waals surface area contributed by atoms with Crippen LogP contribution in [0.4, 0.5) is 5.95 Å². The van der Waals surface area contributed by atoms with Gasteiger partial charge in [-0.3, -0.25) is 0 Å². The number of nitrogens with two attached hydrogens (primary N) is 1. The Balaban J connectivity index is 1.73. The smallest absolute Gasteiger partial charge is 0.225 e. The maximum Gasteiger partial charge on any atom is 0.225 e. The molecule has 0 aromatic carbocycles. The van der Waals surface area contributed by atoms with E-state index in [1.807, 2.05) is 31.7 Å². The third-order valence-corrected chi connectivity index (χ3v) is 3.28. The molecule has 100 valence electrons. The van der Waals surface area contributed by atoms with Crippen molar-refractivity contribution in [1.29, 1.82) is 0 Å². The number of aromatic nitrogens is 4. The predicted octanol–water partition coefficient (Wildman–Crippen LogP) is 0.583. The monoisotopic (exact) mass is 258 g/mol. The van der Waals surface area contributed by atoms with Crippen LogP contribution in [0.3, 0.4) is 0 Å². The van der Waals surface area contributed by atoms with Gasteiger partial charge in [-0.1, -0.05) is 0 Å². The van der Waals surface area contributed by atoms with Crippen molar-refractivity contribution >= 4 is 5.95 Å². The fourth-order valence-electron chi connectivity index (χ4n) is 2.33. The fourth-order valence-corrected chi connectivity index (χ4v) is 2.33. The largest absolute Gasteiger partial charge is 0.332 e. The molecule has 0 bridgehead atoms. The van der Waals surface area contributed by atoms with Gasteiger partial charge in [0.25, 0.3) is 0 Å². The van der Waals surface area contributed by atoms with E-state index < -0.39 is 0 Å². The molecule has 6 nitrogen and oxygen atoms in total. The van der Waals surface area contributed by atoms with Gasteiger partial charge in [-0.05, 0) is 18.9 Å². The zero-order chi connectivity index (χ0) is 13.2. The van der Waals surface area contributed by atoms with Gasteiger partial charge in [0.15, 0.2) is 0 Å². The van der Waals surface area contributed by atoms with Crippen molar-refractivity contribution in [3.05, 3.63) is 36.2 Å². The van der Waals surface area contributed by atoms with E-state index in [4.69, 9.17) is 5.73 Å². The summed E-state index contributed by atoms with van der Waals surface area (Å²) in [4.78, 5) is 15.4. The zero-order valence-corrected chi connectivity index (χ0v) is 11.0. The van der Waals surface area contributed by atoms with E-state index in [9.17, 15) is 0 Å². The Morgan fingerprint density at radius 2 is 2.05 bits per heavy atom. The second kappa shape index (κ2) is 4.97. The Morgan fingerprint density at radius 3 is 2.79 bits per heavy atom. The summed E-state index contributed by atoms with van der Waals surface area (Å²) >= 11 is 0. The van der Waals surface area contributed by atoms with Crippen molar-refractivity contribution in [2.75, 3.05) is 11.4 Å². The molecule has 1 unspecified atom stereocenters. The molecular weight excluding hydrogens is 240 g/mol. The highest BCUT2D eigenvalue weighted by molar-refractivity contribution is 5.31. The second-order valence-corrected chi connectivity index (χ2v) is 5.03. The zero-order valence-electron chi connectivity index (χ0n) is 11.0. The standard InChI is InChI=1S/C13H18N6/c1-10(14)6-11-7-16-13(17-8-11)19-5-4-18-3-2-15-12(18)9-19/h2-3,7-8,10H,4-6,9,14H2,1H3. The third kappa shape index (κ3) is 2.58. The number of hydrogen-bond donors (Lipinski definition) is 1. The molecule has 1 aliphatic heterocycles. The normalized spacial score (nSPS) is 16.2. The number of nitrogens with zero attached hydrogens (tertiary/aromatic N) is 5. The molecule has 1 aliphatic rings. The molecule has 19 heavy (non-hydrogen) atoms. The molecule has 1 atom stereocenters. The summed E-state index contributed by atoms with van der Waals surface area (Å²) in [5.74, 6) is 1.83. The van der Waals surface area contributed by atoms with Gasteiger partial charge in [0, 0.05) is 43.9 Å². The SMILES string of the molecule is CC(N)Cc1cnc(N2CCn3ccnc3C2)nc1. The molecule has 6 heteroatoms. The van der Waals surface area contributed by atoms with Gasteiger partial charge in [-0.15, -0.1) is 0 Å². The van der Waals surface area contributed by atoms with Crippen molar-refractivity contribution in [3.8, 4) is 0 Å². The lowest BCUT2D eigenvalue weighted by Crippen LogP contribution is -2.34. The van der Waals surface area contributed by atoms with Crippen LogP contribution in [-0.2, 0) is 19.5 Å². The Kier molecular flexibility index (Phi) is 3.16. The highest BCUT2D eigenvalue weighted by Crippen LogP contribution is 2.16. The van der Waals surface area contributed by atoms with Crippen LogP contribution < -0.4 is 10.6 Å². The second-order valence-electron chi connectivity index (χ2n) is 5.03. The molecule has 2 N–H and O–H groups in total. The van der Waals surface area contributed by atoms with Gasteiger partial charge in [0.05, 0.1) is 6.54 Å². The minimum Gasteiger partial charge on any atom is -0.332 e. The Morgan fingerprint density at radius 1 is 1.26 bits per heavy atom. The van der Waals surface area contributed by atoms with Crippen molar-refractivity contribution in [3.63, 3.8) is 0 Å². The van der Waals surface area contributed by atoms with Crippen molar-refractivity contribution in [2.45, 2.75) is 32.5 Å². The summed E-state index contributed by atoms with van der Waals surface area (Å²) in [6.07, 6.45) is 8.40. The Labute approximate surface area is 112 Å². The molecule has 0 spiro atoms. The quantitative estimate of drug-likeness (QED) is 0.872. The molecule has 2 aromatic rings. The molecule has 0 fully saturated rings. The Bertz CT molecular complexity index is 545. The topological polar surface area (TPSA) is 72.9 Å². The molecular formula is C13H18N6. The third-order valence-electron chi connectivity index (χ3n) is 3.28. The van der Waals surface area contributed by atoms with Crippen molar-refractivity contribution in [1.82, 2.24) is 19.5 Å².